The van der Waals surface area contributed by atoms with Crippen molar-refractivity contribution < 1.29 is 28.4 Å². The van der Waals surface area contributed by atoms with Crippen molar-refractivity contribution >= 4 is 5.71 Å². The van der Waals surface area contributed by atoms with Gasteiger partial charge in [0.1, 0.15) is 5.75 Å². The summed E-state index contributed by atoms with van der Waals surface area (Å²) in [6, 6.07) is 17.7. The SMILES string of the molecule is COc1ccc(C2=NN3[C@H](C2)c2ccccc2O[C@@H]3c2cc(OC)c(OC)c(OC)c2)cc1OC. The van der Waals surface area contributed by atoms with Crippen LogP contribution >= 0.6 is 0 Å². The van der Waals surface area contributed by atoms with E-state index in [4.69, 9.17) is 33.5 Å². The van der Waals surface area contributed by atoms with E-state index in [0.717, 1.165) is 34.6 Å². The van der Waals surface area contributed by atoms with Crippen LogP contribution in [0.3, 0.4) is 0 Å². The molecule has 2 aliphatic rings. The number of benzene rings is 3. The first-order chi connectivity index (χ1) is 17.1. The lowest BCUT2D eigenvalue weighted by Crippen LogP contribution is -2.33. The molecule has 8 nitrogen and oxygen atoms in total. The van der Waals surface area contributed by atoms with Gasteiger partial charge in [-0.15, -0.1) is 0 Å². The van der Waals surface area contributed by atoms with Crippen LogP contribution in [-0.4, -0.2) is 46.3 Å². The van der Waals surface area contributed by atoms with Crippen molar-refractivity contribution in [2.24, 2.45) is 5.10 Å². The van der Waals surface area contributed by atoms with Gasteiger partial charge in [-0.25, -0.2) is 5.01 Å². The number of fused-ring (bicyclic) bond motifs is 3. The van der Waals surface area contributed by atoms with E-state index in [9.17, 15) is 0 Å². The molecule has 0 amide bonds. The molecule has 2 atom stereocenters. The maximum Gasteiger partial charge on any atom is 0.214 e. The van der Waals surface area contributed by atoms with Gasteiger partial charge in [0.15, 0.2) is 23.0 Å². The van der Waals surface area contributed by atoms with Gasteiger partial charge in [0, 0.05) is 23.1 Å². The van der Waals surface area contributed by atoms with Crippen molar-refractivity contribution in [2.75, 3.05) is 35.5 Å². The van der Waals surface area contributed by atoms with Crippen molar-refractivity contribution in [1.82, 2.24) is 5.01 Å². The third-order valence-electron chi connectivity index (χ3n) is 6.39. The van der Waals surface area contributed by atoms with E-state index in [1.165, 1.54) is 0 Å². The van der Waals surface area contributed by atoms with Crippen LogP contribution in [0.15, 0.2) is 59.7 Å². The maximum absolute atomic E-state index is 6.49. The van der Waals surface area contributed by atoms with E-state index in [1.807, 2.05) is 53.5 Å². The van der Waals surface area contributed by atoms with Gasteiger partial charge < -0.3 is 28.4 Å². The molecule has 3 aromatic carbocycles. The number of hydrazone groups is 1. The topological polar surface area (TPSA) is 71.0 Å². The normalized spacial score (nSPS) is 18.1. The summed E-state index contributed by atoms with van der Waals surface area (Å²) in [6.45, 7) is 0. The molecule has 0 fully saturated rings. The minimum Gasteiger partial charge on any atom is -0.493 e. The Labute approximate surface area is 204 Å². The minimum atomic E-state index is -0.485. The van der Waals surface area contributed by atoms with Gasteiger partial charge >= 0.3 is 0 Å². The van der Waals surface area contributed by atoms with Crippen LogP contribution in [-0.2, 0) is 0 Å². The molecule has 0 aromatic heterocycles. The number of methoxy groups -OCH3 is 5. The Kier molecular flexibility index (Phi) is 6.03. The first kappa shape index (κ1) is 22.7. The highest BCUT2D eigenvalue weighted by atomic mass is 16.5. The molecule has 2 aliphatic heterocycles. The zero-order valence-electron chi connectivity index (χ0n) is 20.4. The van der Waals surface area contributed by atoms with Crippen LogP contribution in [0.2, 0.25) is 0 Å². The Hall–Kier alpha value is -4.07. The summed E-state index contributed by atoms with van der Waals surface area (Å²) in [5.74, 6) is 3.82. The summed E-state index contributed by atoms with van der Waals surface area (Å²) in [4.78, 5) is 0. The van der Waals surface area contributed by atoms with Crippen molar-refractivity contribution in [1.29, 1.82) is 0 Å². The predicted molar refractivity (Wildman–Crippen MR) is 131 cm³/mol. The van der Waals surface area contributed by atoms with Crippen LogP contribution in [0.1, 0.15) is 35.4 Å². The van der Waals surface area contributed by atoms with Gasteiger partial charge in [0.2, 0.25) is 12.0 Å². The molecule has 2 heterocycles. The molecule has 0 unspecified atom stereocenters. The van der Waals surface area contributed by atoms with Crippen molar-refractivity contribution in [3.8, 4) is 34.5 Å². The van der Waals surface area contributed by atoms with Crippen LogP contribution in [0, 0.1) is 0 Å². The third kappa shape index (κ3) is 3.84. The lowest BCUT2D eigenvalue weighted by Gasteiger charge is -2.38. The van der Waals surface area contributed by atoms with E-state index in [1.54, 1.807) is 35.5 Å². The molecule has 8 heteroatoms. The molecule has 0 radical (unpaired) electrons. The van der Waals surface area contributed by atoms with E-state index in [0.29, 0.717) is 28.7 Å². The van der Waals surface area contributed by atoms with Gasteiger partial charge in [0.05, 0.1) is 47.3 Å². The molecule has 0 spiro atoms. The van der Waals surface area contributed by atoms with Crippen LogP contribution in [0.5, 0.6) is 34.5 Å². The zero-order valence-corrected chi connectivity index (χ0v) is 20.4. The second-order valence-electron chi connectivity index (χ2n) is 8.18. The number of hydrogen-bond donors (Lipinski definition) is 0. The Morgan fingerprint density at radius 2 is 1.46 bits per heavy atom. The second-order valence-corrected chi connectivity index (χ2v) is 8.18. The van der Waals surface area contributed by atoms with Crippen molar-refractivity contribution in [3.63, 3.8) is 0 Å². The number of nitrogens with zero attached hydrogens (tertiary/aromatic N) is 2. The number of hydrogen-bond acceptors (Lipinski definition) is 8. The lowest BCUT2D eigenvalue weighted by atomic mass is 9.95. The fourth-order valence-electron chi connectivity index (χ4n) is 4.69. The van der Waals surface area contributed by atoms with E-state index < -0.39 is 6.23 Å². The quantitative estimate of drug-likeness (QED) is 0.477. The third-order valence-corrected chi connectivity index (χ3v) is 6.39. The van der Waals surface area contributed by atoms with Crippen LogP contribution < -0.4 is 28.4 Å². The van der Waals surface area contributed by atoms with Crippen LogP contribution in [0.4, 0.5) is 0 Å². The summed E-state index contributed by atoms with van der Waals surface area (Å²) < 4.78 is 34.1. The first-order valence-electron chi connectivity index (χ1n) is 11.3. The summed E-state index contributed by atoms with van der Waals surface area (Å²) in [5.41, 5.74) is 3.85. The van der Waals surface area contributed by atoms with Gasteiger partial charge in [-0.05, 0) is 36.4 Å². The molecule has 0 saturated carbocycles. The van der Waals surface area contributed by atoms with Crippen LogP contribution in [0.25, 0.3) is 0 Å². The predicted octanol–water partition coefficient (Wildman–Crippen LogP) is 4.97. The summed E-state index contributed by atoms with van der Waals surface area (Å²) in [5, 5.41) is 7.05. The Balaban J connectivity index is 1.61. The molecule has 5 rings (SSSR count). The van der Waals surface area contributed by atoms with E-state index in [-0.39, 0.29) is 6.04 Å². The second kappa shape index (κ2) is 9.29. The Bertz CT molecular complexity index is 1250. The fourth-order valence-corrected chi connectivity index (χ4v) is 4.69. The van der Waals surface area contributed by atoms with Gasteiger partial charge in [0.25, 0.3) is 0 Å². The Morgan fingerprint density at radius 1 is 0.771 bits per heavy atom. The molecular weight excluding hydrogens is 448 g/mol. The zero-order chi connectivity index (χ0) is 24.5. The average Bonchev–Trinajstić information content (AvgIpc) is 3.37. The van der Waals surface area contributed by atoms with E-state index in [2.05, 4.69) is 6.07 Å². The summed E-state index contributed by atoms with van der Waals surface area (Å²) in [7, 11) is 8.05. The largest absolute Gasteiger partial charge is 0.493 e. The molecule has 0 saturated heterocycles. The fraction of sp³-hybridized carbons (Fsp3) is 0.296. The molecule has 182 valence electrons. The lowest BCUT2D eigenvalue weighted by molar-refractivity contribution is -0.0192. The smallest absolute Gasteiger partial charge is 0.214 e. The molecule has 0 bridgehead atoms. The highest BCUT2D eigenvalue weighted by Crippen LogP contribution is 2.49. The molecular formula is C27H28N2O6. The monoisotopic (exact) mass is 476 g/mol. The average molecular weight is 477 g/mol. The standard InChI is InChI=1S/C27H28N2O6/c1-30-22-11-10-16(12-23(22)31-2)19-15-20-18-8-6-7-9-21(18)35-27(29(20)28-19)17-13-24(32-3)26(34-5)25(14-17)33-4/h6-14,20,27H,15H2,1-5H3/t20-,27-/m1/s1. The minimum absolute atomic E-state index is 0.00661. The van der Waals surface area contributed by atoms with E-state index >= 15 is 0 Å². The van der Waals surface area contributed by atoms with Gasteiger partial charge in [-0.1, -0.05) is 18.2 Å². The van der Waals surface area contributed by atoms with Crippen molar-refractivity contribution in [3.05, 3.63) is 71.3 Å². The number of para-hydroxylation sites is 1. The van der Waals surface area contributed by atoms with Gasteiger partial charge in [-0.3, -0.25) is 0 Å². The molecule has 3 aromatic rings. The molecule has 35 heavy (non-hydrogen) atoms. The highest BCUT2D eigenvalue weighted by molar-refractivity contribution is 6.02. The maximum atomic E-state index is 6.49. The Morgan fingerprint density at radius 3 is 2.11 bits per heavy atom. The van der Waals surface area contributed by atoms with Gasteiger partial charge in [-0.2, -0.15) is 5.10 Å². The van der Waals surface area contributed by atoms with Crippen molar-refractivity contribution in [2.45, 2.75) is 18.7 Å². The summed E-state index contributed by atoms with van der Waals surface area (Å²) >= 11 is 0. The highest BCUT2D eigenvalue weighted by Gasteiger charge is 2.41. The number of rotatable bonds is 7. The first-order valence-corrected chi connectivity index (χ1v) is 11.3. The molecule has 0 N–H and O–H groups in total. The number of ether oxygens (including phenoxy) is 6. The molecule has 0 aliphatic carbocycles. The summed E-state index contributed by atoms with van der Waals surface area (Å²) in [6.07, 6.45) is 0.234.